The third kappa shape index (κ3) is 2.47. The minimum Gasteiger partial charge on any atom is -0.469 e. The van der Waals surface area contributed by atoms with Gasteiger partial charge < -0.3 is 4.74 Å². The third-order valence-electron chi connectivity index (χ3n) is 2.09. The Labute approximate surface area is 101 Å². The van der Waals surface area contributed by atoms with Crippen LogP contribution in [-0.4, -0.2) is 19.4 Å². The SMILES string of the molecule is COC(=O)Cc1c(Br)ccc(C#N)c1C=O. The maximum absolute atomic E-state index is 11.2. The van der Waals surface area contributed by atoms with Crippen LogP contribution in [0.4, 0.5) is 0 Å². The number of hydrogen-bond donors (Lipinski definition) is 0. The quantitative estimate of drug-likeness (QED) is 0.626. The zero-order valence-electron chi connectivity index (χ0n) is 8.49. The summed E-state index contributed by atoms with van der Waals surface area (Å²) in [6.45, 7) is 0. The second-order valence-corrected chi connectivity index (χ2v) is 3.82. The highest BCUT2D eigenvalue weighted by Gasteiger charge is 2.14. The van der Waals surface area contributed by atoms with E-state index in [9.17, 15) is 9.59 Å². The second kappa shape index (κ2) is 5.42. The fourth-order valence-corrected chi connectivity index (χ4v) is 1.75. The monoisotopic (exact) mass is 281 g/mol. The molecule has 0 saturated carbocycles. The molecule has 5 heteroatoms. The number of nitriles is 1. The van der Waals surface area contributed by atoms with Crippen molar-refractivity contribution in [2.75, 3.05) is 7.11 Å². The van der Waals surface area contributed by atoms with Crippen LogP contribution in [0, 0.1) is 11.3 Å². The van der Waals surface area contributed by atoms with Gasteiger partial charge in [0, 0.05) is 10.0 Å². The molecule has 0 amide bonds. The van der Waals surface area contributed by atoms with Crippen molar-refractivity contribution in [2.45, 2.75) is 6.42 Å². The van der Waals surface area contributed by atoms with Gasteiger partial charge in [-0.05, 0) is 17.7 Å². The van der Waals surface area contributed by atoms with Gasteiger partial charge in [-0.2, -0.15) is 5.26 Å². The Morgan fingerprint density at radius 2 is 2.31 bits per heavy atom. The minimum atomic E-state index is -0.459. The van der Waals surface area contributed by atoms with Crippen molar-refractivity contribution in [1.29, 1.82) is 5.26 Å². The maximum atomic E-state index is 11.2. The Kier molecular flexibility index (Phi) is 4.20. The van der Waals surface area contributed by atoms with Gasteiger partial charge >= 0.3 is 5.97 Å². The number of rotatable bonds is 3. The van der Waals surface area contributed by atoms with Crippen LogP contribution in [-0.2, 0) is 16.0 Å². The van der Waals surface area contributed by atoms with Crippen molar-refractivity contribution in [2.24, 2.45) is 0 Å². The molecule has 1 aromatic rings. The highest BCUT2D eigenvalue weighted by atomic mass is 79.9. The molecule has 0 aliphatic carbocycles. The molecule has 0 fully saturated rings. The summed E-state index contributed by atoms with van der Waals surface area (Å²) >= 11 is 3.23. The molecule has 1 aromatic carbocycles. The third-order valence-corrected chi connectivity index (χ3v) is 2.83. The standard InChI is InChI=1S/C11H8BrNO3/c1-16-11(15)4-8-9(6-14)7(5-13)2-3-10(8)12/h2-3,6H,4H2,1H3. The predicted octanol–water partition coefficient (Wildman–Crippen LogP) is 1.85. The molecular weight excluding hydrogens is 274 g/mol. The highest BCUT2D eigenvalue weighted by Crippen LogP contribution is 2.23. The molecule has 4 nitrogen and oxygen atoms in total. The van der Waals surface area contributed by atoms with Gasteiger partial charge in [-0.1, -0.05) is 15.9 Å². The van der Waals surface area contributed by atoms with E-state index >= 15 is 0 Å². The molecule has 0 unspecified atom stereocenters. The number of aldehydes is 1. The van der Waals surface area contributed by atoms with E-state index in [0.717, 1.165) is 0 Å². The molecule has 0 N–H and O–H groups in total. The fourth-order valence-electron chi connectivity index (χ4n) is 1.27. The molecule has 0 radical (unpaired) electrons. The van der Waals surface area contributed by atoms with Crippen LogP contribution in [0.5, 0.6) is 0 Å². The zero-order chi connectivity index (χ0) is 12.1. The lowest BCUT2D eigenvalue weighted by atomic mass is 10.0. The Hall–Kier alpha value is -1.67. The molecule has 0 aliphatic heterocycles. The molecule has 82 valence electrons. The van der Waals surface area contributed by atoms with Crippen molar-refractivity contribution >= 4 is 28.2 Å². The number of methoxy groups -OCH3 is 1. The molecule has 1 rings (SSSR count). The van der Waals surface area contributed by atoms with E-state index in [1.54, 1.807) is 6.07 Å². The summed E-state index contributed by atoms with van der Waals surface area (Å²) in [4.78, 5) is 22.1. The number of hydrogen-bond acceptors (Lipinski definition) is 4. The molecule has 0 atom stereocenters. The van der Waals surface area contributed by atoms with Crippen molar-refractivity contribution in [3.63, 3.8) is 0 Å². The van der Waals surface area contributed by atoms with Gasteiger partial charge in [0.05, 0.1) is 25.2 Å². The Morgan fingerprint density at radius 1 is 1.62 bits per heavy atom. The number of carbonyl (C=O) groups excluding carboxylic acids is 2. The first-order valence-electron chi connectivity index (χ1n) is 4.37. The molecule has 0 bridgehead atoms. The summed E-state index contributed by atoms with van der Waals surface area (Å²) in [5.41, 5.74) is 0.945. The summed E-state index contributed by atoms with van der Waals surface area (Å²) in [5.74, 6) is -0.459. The van der Waals surface area contributed by atoms with Gasteiger partial charge in [-0.15, -0.1) is 0 Å². The lowest BCUT2D eigenvalue weighted by Gasteiger charge is -2.07. The fraction of sp³-hybridized carbons (Fsp3) is 0.182. The van der Waals surface area contributed by atoms with Gasteiger partial charge in [0.1, 0.15) is 0 Å². The normalized spacial score (nSPS) is 9.31. The predicted molar refractivity (Wildman–Crippen MR) is 60.0 cm³/mol. The average Bonchev–Trinajstić information content (AvgIpc) is 2.31. The molecular formula is C11H8BrNO3. The van der Waals surface area contributed by atoms with Crippen LogP contribution in [0.2, 0.25) is 0 Å². The van der Waals surface area contributed by atoms with E-state index in [2.05, 4.69) is 20.7 Å². The Bertz CT molecular complexity index is 477. The number of carbonyl (C=O) groups is 2. The second-order valence-electron chi connectivity index (χ2n) is 2.97. The van der Waals surface area contributed by atoms with Crippen molar-refractivity contribution in [3.05, 3.63) is 33.3 Å². The molecule has 0 aromatic heterocycles. The van der Waals surface area contributed by atoms with E-state index in [-0.39, 0.29) is 17.5 Å². The van der Waals surface area contributed by atoms with Crippen LogP contribution in [0.1, 0.15) is 21.5 Å². The van der Waals surface area contributed by atoms with Gasteiger partial charge in [-0.25, -0.2) is 0 Å². The van der Waals surface area contributed by atoms with Gasteiger partial charge in [-0.3, -0.25) is 9.59 Å². The minimum absolute atomic E-state index is 0.0410. The Morgan fingerprint density at radius 3 is 2.81 bits per heavy atom. The van der Waals surface area contributed by atoms with E-state index in [1.807, 2.05) is 6.07 Å². The summed E-state index contributed by atoms with van der Waals surface area (Å²) in [6.07, 6.45) is 0.530. The van der Waals surface area contributed by atoms with Crippen molar-refractivity contribution in [1.82, 2.24) is 0 Å². The lowest BCUT2D eigenvalue weighted by Crippen LogP contribution is -2.08. The van der Waals surface area contributed by atoms with Crippen LogP contribution in [0.3, 0.4) is 0 Å². The largest absolute Gasteiger partial charge is 0.469 e. The van der Waals surface area contributed by atoms with Crippen molar-refractivity contribution < 1.29 is 14.3 Å². The van der Waals surface area contributed by atoms with Crippen LogP contribution < -0.4 is 0 Å². The summed E-state index contributed by atoms with van der Waals surface area (Å²) in [7, 11) is 1.27. The number of esters is 1. The number of halogens is 1. The maximum Gasteiger partial charge on any atom is 0.310 e. The van der Waals surface area contributed by atoms with E-state index in [1.165, 1.54) is 13.2 Å². The zero-order valence-corrected chi connectivity index (χ0v) is 10.1. The lowest BCUT2D eigenvalue weighted by molar-refractivity contribution is -0.139. The molecule has 0 spiro atoms. The van der Waals surface area contributed by atoms with Gasteiger partial charge in [0.25, 0.3) is 0 Å². The van der Waals surface area contributed by atoms with Crippen LogP contribution in [0.25, 0.3) is 0 Å². The molecule has 0 aliphatic rings. The highest BCUT2D eigenvalue weighted by molar-refractivity contribution is 9.10. The molecule has 0 saturated heterocycles. The number of nitrogens with zero attached hydrogens (tertiary/aromatic N) is 1. The van der Waals surface area contributed by atoms with Gasteiger partial charge in [0.2, 0.25) is 0 Å². The van der Waals surface area contributed by atoms with Crippen molar-refractivity contribution in [3.8, 4) is 6.07 Å². The Balaban J connectivity index is 3.30. The first-order valence-corrected chi connectivity index (χ1v) is 5.16. The van der Waals surface area contributed by atoms with Crippen LogP contribution in [0.15, 0.2) is 16.6 Å². The van der Waals surface area contributed by atoms with Crippen LogP contribution >= 0.6 is 15.9 Å². The number of benzene rings is 1. The van der Waals surface area contributed by atoms with E-state index in [4.69, 9.17) is 5.26 Å². The summed E-state index contributed by atoms with van der Waals surface area (Å²) in [6, 6.07) is 5.05. The topological polar surface area (TPSA) is 67.2 Å². The molecule has 16 heavy (non-hydrogen) atoms. The molecule has 0 heterocycles. The van der Waals surface area contributed by atoms with E-state index < -0.39 is 5.97 Å². The summed E-state index contributed by atoms with van der Waals surface area (Å²) < 4.78 is 5.13. The first kappa shape index (κ1) is 12.4. The summed E-state index contributed by atoms with van der Waals surface area (Å²) in [5, 5.41) is 8.82. The number of ether oxygens (including phenoxy) is 1. The first-order chi connectivity index (χ1) is 7.63. The smallest absolute Gasteiger partial charge is 0.310 e. The van der Waals surface area contributed by atoms with Gasteiger partial charge in [0.15, 0.2) is 6.29 Å². The van der Waals surface area contributed by atoms with E-state index in [0.29, 0.717) is 16.3 Å². The average molecular weight is 282 g/mol.